The molecule has 0 saturated heterocycles. The Bertz CT molecular complexity index is 613. The van der Waals surface area contributed by atoms with Crippen molar-refractivity contribution in [3.05, 3.63) is 47.2 Å². The van der Waals surface area contributed by atoms with Crippen LogP contribution in [0, 0.1) is 0 Å². The van der Waals surface area contributed by atoms with Gasteiger partial charge >= 0.3 is 0 Å². The molecule has 0 aliphatic carbocycles. The van der Waals surface area contributed by atoms with Gasteiger partial charge in [-0.25, -0.2) is 0 Å². The van der Waals surface area contributed by atoms with Crippen LogP contribution < -0.4 is 0 Å². The number of hydrogen-bond acceptors (Lipinski definition) is 1. The van der Waals surface area contributed by atoms with Crippen molar-refractivity contribution >= 4 is 32.5 Å². The smallest absolute Gasteiger partial charge is 0.0882 e. The first kappa shape index (κ1) is 8.00. The first-order valence-corrected chi connectivity index (χ1v) is 5.15. The fourth-order valence-electron chi connectivity index (χ4n) is 1.66. The first-order valence-electron chi connectivity index (χ1n) is 4.36. The quantitative estimate of drug-likeness (QED) is 0.596. The van der Waals surface area contributed by atoms with E-state index in [1.165, 1.54) is 0 Å². The van der Waals surface area contributed by atoms with Crippen molar-refractivity contribution in [2.45, 2.75) is 0 Å². The van der Waals surface area contributed by atoms with Gasteiger partial charge in [0.1, 0.15) is 0 Å². The van der Waals surface area contributed by atoms with Gasteiger partial charge in [-0.15, -0.1) is 0 Å². The largest absolute Gasteiger partial charge is 0.314 e. The maximum atomic E-state index is 4.39. The molecule has 68 valence electrons. The highest BCUT2D eigenvalue weighted by Gasteiger charge is 2.00. The third-order valence-electron chi connectivity index (χ3n) is 2.31. The number of fused-ring (bicyclic) bond motifs is 3. The summed E-state index contributed by atoms with van der Waals surface area (Å²) in [5, 5.41) is 0. The Balaban J connectivity index is 2.57. The second-order valence-electron chi connectivity index (χ2n) is 3.19. The van der Waals surface area contributed by atoms with E-state index in [0.717, 1.165) is 21.0 Å². The molecule has 0 unspecified atom stereocenters. The van der Waals surface area contributed by atoms with Gasteiger partial charge in [0.25, 0.3) is 0 Å². The summed E-state index contributed by atoms with van der Waals surface area (Å²) in [7, 11) is 0. The summed E-state index contributed by atoms with van der Waals surface area (Å²) >= 11 is 3.44. The number of nitrogens with zero attached hydrogens (tertiary/aromatic N) is 2. The molecule has 0 spiro atoms. The molecule has 3 aromatic rings. The van der Waals surface area contributed by atoms with Crippen LogP contribution >= 0.6 is 15.9 Å². The molecule has 0 fully saturated rings. The topological polar surface area (TPSA) is 17.3 Å². The number of aromatic nitrogens is 2. The van der Waals surface area contributed by atoms with Crippen molar-refractivity contribution in [1.82, 2.24) is 9.38 Å². The molecule has 0 aliphatic rings. The molecule has 0 bridgehead atoms. The standard InChI is InChI=1S/C11H7BrN2/c12-8-3-4-11-10(6-8)13-7-9-2-1-5-14(9)11/h1-7H. The van der Waals surface area contributed by atoms with E-state index < -0.39 is 0 Å². The van der Waals surface area contributed by atoms with Crippen LogP contribution in [-0.4, -0.2) is 9.38 Å². The molecule has 2 nitrogen and oxygen atoms in total. The second kappa shape index (κ2) is 2.82. The van der Waals surface area contributed by atoms with Crippen LogP contribution in [0.25, 0.3) is 16.6 Å². The lowest BCUT2D eigenvalue weighted by molar-refractivity contribution is 1.23. The highest BCUT2D eigenvalue weighted by atomic mass is 79.9. The van der Waals surface area contributed by atoms with E-state index in [1.54, 1.807) is 0 Å². The summed E-state index contributed by atoms with van der Waals surface area (Å²) in [5.41, 5.74) is 3.26. The molecule has 3 rings (SSSR count). The maximum absolute atomic E-state index is 4.39. The fraction of sp³-hybridized carbons (Fsp3) is 0. The Hall–Kier alpha value is -1.35. The van der Waals surface area contributed by atoms with Crippen LogP contribution in [0.4, 0.5) is 0 Å². The van der Waals surface area contributed by atoms with Gasteiger partial charge in [0.2, 0.25) is 0 Å². The van der Waals surface area contributed by atoms with Crippen LogP contribution in [0.15, 0.2) is 47.2 Å². The molecule has 2 aromatic heterocycles. The predicted octanol–water partition coefficient (Wildman–Crippen LogP) is 3.25. The minimum Gasteiger partial charge on any atom is -0.314 e. The van der Waals surface area contributed by atoms with Gasteiger partial charge < -0.3 is 4.40 Å². The lowest BCUT2D eigenvalue weighted by Crippen LogP contribution is -1.88. The average molecular weight is 247 g/mol. The van der Waals surface area contributed by atoms with Crippen molar-refractivity contribution in [3.63, 3.8) is 0 Å². The van der Waals surface area contributed by atoms with Gasteiger partial charge in [-0.3, -0.25) is 4.98 Å². The van der Waals surface area contributed by atoms with Gasteiger partial charge in [0.05, 0.1) is 22.7 Å². The van der Waals surface area contributed by atoms with Crippen LogP contribution in [0.3, 0.4) is 0 Å². The van der Waals surface area contributed by atoms with E-state index in [4.69, 9.17) is 0 Å². The third-order valence-corrected chi connectivity index (χ3v) is 2.81. The van der Waals surface area contributed by atoms with E-state index in [9.17, 15) is 0 Å². The van der Waals surface area contributed by atoms with Crippen LogP contribution in [-0.2, 0) is 0 Å². The van der Waals surface area contributed by atoms with Crippen molar-refractivity contribution in [3.8, 4) is 0 Å². The van der Waals surface area contributed by atoms with Crippen LogP contribution in [0.1, 0.15) is 0 Å². The fourth-order valence-corrected chi connectivity index (χ4v) is 2.01. The van der Waals surface area contributed by atoms with E-state index >= 15 is 0 Å². The highest BCUT2D eigenvalue weighted by Crippen LogP contribution is 2.19. The SMILES string of the molecule is Brc1ccc2c(c1)ncc1cccn12. The van der Waals surface area contributed by atoms with Crippen molar-refractivity contribution in [2.75, 3.05) is 0 Å². The molecule has 0 aliphatic heterocycles. The Morgan fingerprint density at radius 2 is 2.14 bits per heavy atom. The van der Waals surface area contributed by atoms with Crippen molar-refractivity contribution in [2.24, 2.45) is 0 Å². The summed E-state index contributed by atoms with van der Waals surface area (Å²) in [6, 6.07) is 10.2. The molecule has 0 amide bonds. The molecular formula is C11H7BrN2. The summed E-state index contributed by atoms with van der Waals surface area (Å²) < 4.78 is 3.19. The molecule has 0 radical (unpaired) electrons. The summed E-state index contributed by atoms with van der Waals surface area (Å²) in [5.74, 6) is 0. The van der Waals surface area contributed by atoms with Gasteiger partial charge in [0.15, 0.2) is 0 Å². The molecule has 0 N–H and O–H groups in total. The number of rotatable bonds is 0. The zero-order valence-corrected chi connectivity index (χ0v) is 8.90. The Morgan fingerprint density at radius 3 is 3.07 bits per heavy atom. The maximum Gasteiger partial charge on any atom is 0.0882 e. The number of halogens is 1. The third kappa shape index (κ3) is 1.06. The Labute approximate surface area is 89.3 Å². The zero-order valence-electron chi connectivity index (χ0n) is 7.31. The lowest BCUT2D eigenvalue weighted by atomic mass is 10.3. The van der Waals surface area contributed by atoms with E-state index in [1.807, 2.05) is 30.6 Å². The van der Waals surface area contributed by atoms with Gasteiger partial charge in [-0.05, 0) is 30.3 Å². The van der Waals surface area contributed by atoms with E-state index in [-0.39, 0.29) is 0 Å². The lowest BCUT2D eigenvalue weighted by Gasteiger charge is -2.01. The van der Waals surface area contributed by atoms with Gasteiger partial charge in [-0.1, -0.05) is 15.9 Å². The minimum atomic E-state index is 1.00. The average Bonchev–Trinajstić information content (AvgIpc) is 2.65. The van der Waals surface area contributed by atoms with Crippen LogP contribution in [0.5, 0.6) is 0 Å². The summed E-state index contributed by atoms with van der Waals surface area (Å²) in [4.78, 5) is 4.39. The van der Waals surface area contributed by atoms with Gasteiger partial charge in [0, 0.05) is 10.7 Å². The molecule has 2 heterocycles. The van der Waals surface area contributed by atoms with E-state index in [2.05, 4.69) is 37.4 Å². The summed E-state index contributed by atoms with van der Waals surface area (Å²) in [6.07, 6.45) is 3.93. The number of hydrogen-bond donors (Lipinski definition) is 0. The second-order valence-corrected chi connectivity index (χ2v) is 4.11. The van der Waals surface area contributed by atoms with Gasteiger partial charge in [-0.2, -0.15) is 0 Å². The Kier molecular flexibility index (Phi) is 1.61. The molecule has 14 heavy (non-hydrogen) atoms. The molecule has 3 heteroatoms. The molecule has 0 saturated carbocycles. The Morgan fingerprint density at radius 1 is 1.21 bits per heavy atom. The van der Waals surface area contributed by atoms with Crippen molar-refractivity contribution in [1.29, 1.82) is 0 Å². The minimum absolute atomic E-state index is 1.00. The van der Waals surface area contributed by atoms with Crippen LogP contribution in [0.2, 0.25) is 0 Å². The van der Waals surface area contributed by atoms with E-state index in [0.29, 0.717) is 0 Å². The van der Waals surface area contributed by atoms with Crippen molar-refractivity contribution < 1.29 is 0 Å². The highest BCUT2D eigenvalue weighted by molar-refractivity contribution is 9.10. The molecular weight excluding hydrogens is 240 g/mol. The summed E-state index contributed by atoms with van der Waals surface area (Å²) in [6.45, 7) is 0. The zero-order chi connectivity index (χ0) is 9.54. The monoisotopic (exact) mass is 246 g/mol. The number of benzene rings is 1. The predicted molar refractivity (Wildman–Crippen MR) is 60.4 cm³/mol. The molecule has 1 aromatic carbocycles. The first-order chi connectivity index (χ1) is 6.84. The molecule has 0 atom stereocenters. The normalized spacial score (nSPS) is 11.2.